The Bertz CT molecular complexity index is 553. The molecular weight excluding hydrogens is 288 g/mol. The highest BCUT2D eigenvalue weighted by molar-refractivity contribution is 5.31. The molecule has 0 aromatic carbocycles. The molecular formula is C20H30O3. The predicted molar refractivity (Wildman–Crippen MR) is 89.8 cm³/mol. The van der Waals surface area contributed by atoms with Gasteiger partial charge in [0.2, 0.25) is 0 Å². The van der Waals surface area contributed by atoms with Crippen LogP contribution >= 0.6 is 0 Å². The number of aliphatic hydroxyl groups excluding tert-OH is 2. The van der Waals surface area contributed by atoms with Crippen LogP contribution in [0, 0.1) is 28.6 Å². The largest absolute Gasteiger partial charge is 0.396 e. The summed E-state index contributed by atoms with van der Waals surface area (Å²) < 4.78 is 6.10. The highest BCUT2D eigenvalue weighted by Crippen LogP contribution is 2.63. The van der Waals surface area contributed by atoms with Crippen LogP contribution in [-0.4, -0.2) is 35.6 Å². The molecule has 2 saturated carbocycles. The van der Waals surface area contributed by atoms with Crippen LogP contribution in [0.5, 0.6) is 0 Å². The molecule has 0 amide bonds. The summed E-state index contributed by atoms with van der Waals surface area (Å²) in [5.41, 5.74) is 2.54. The van der Waals surface area contributed by atoms with Crippen LogP contribution in [0.3, 0.4) is 0 Å². The Morgan fingerprint density at radius 3 is 2.83 bits per heavy atom. The Labute approximate surface area is 139 Å². The van der Waals surface area contributed by atoms with Crippen molar-refractivity contribution in [3.05, 3.63) is 23.8 Å². The van der Waals surface area contributed by atoms with Gasteiger partial charge >= 0.3 is 0 Å². The third kappa shape index (κ3) is 1.99. The summed E-state index contributed by atoms with van der Waals surface area (Å²) in [6.45, 7) is 9.47. The van der Waals surface area contributed by atoms with Crippen LogP contribution in [0.15, 0.2) is 23.8 Å². The maximum Gasteiger partial charge on any atom is 0.0858 e. The van der Waals surface area contributed by atoms with Crippen molar-refractivity contribution in [1.29, 1.82) is 0 Å². The minimum absolute atomic E-state index is 0.0731. The topological polar surface area (TPSA) is 49.7 Å². The first kappa shape index (κ1) is 15.9. The van der Waals surface area contributed by atoms with Crippen molar-refractivity contribution in [3.8, 4) is 0 Å². The standard InChI is InChI=1S/C20H30O3/c1-12-10-23-18-13(12)4-6-15-14(18)5-7-16-19(15,2)9-8-17(22)20(16,3)11-21/h5,13,15-18,21-22H,1,4,6-11H2,2-3H3/t13-,15+,16-,17+,18+,19-,20+/m1/s1. The Kier molecular flexibility index (Phi) is 3.57. The zero-order valence-corrected chi connectivity index (χ0v) is 14.4. The molecule has 23 heavy (non-hydrogen) atoms. The lowest BCUT2D eigenvalue weighted by atomic mass is 9.45. The van der Waals surface area contributed by atoms with Crippen molar-refractivity contribution in [1.82, 2.24) is 0 Å². The molecule has 1 heterocycles. The van der Waals surface area contributed by atoms with Gasteiger partial charge in [-0.25, -0.2) is 0 Å². The summed E-state index contributed by atoms with van der Waals surface area (Å²) in [6.07, 6.45) is 7.41. The van der Waals surface area contributed by atoms with Crippen LogP contribution in [0.2, 0.25) is 0 Å². The van der Waals surface area contributed by atoms with Crippen molar-refractivity contribution in [3.63, 3.8) is 0 Å². The van der Waals surface area contributed by atoms with Gasteiger partial charge in [-0.05, 0) is 60.5 Å². The number of allylic oxidation sites excluding steroid dienone is 1. The normalized spacial score (nSPS) is 52.4. The van der Waals surface area contributed by atoms with E-state index < -0.39 is 0 Å². The van der Waals surface area contributed by atoms with Crippen molar-refractivity contribution in [2.75, 3.05) is 13.2 Å². The lowest BCUT2D eigenvalue weighted by Crippen LogP contribution is -2.58. The first-order chi connectivity index (χ1) is 10.9. The third-order valence-corrected chi connectivity index (χ3v) is 7.87. The van der Waals surface area contributed by atoms with Gasteiger partial charge in [-0.1, -0.05) is 26.5 Å². The van der Waals surface area contributed by atoms with E-state index >= 15 is 0 Å². The Morgan fingerprint density at radius 2 is 2.09 bits per heavy atom. The highest BCUT2D eigenvalue weighted by atomic mass is 16.5. The SMILES string of the molecule is C=C1CO[C@@H]2C3=CC[C@H]4[C@](C)(CO)[C@@H](O)CC[C@]4(C)[C@H]3CC[C@H]12. The van der Waals surface area contributed by atoms with Crippen molar-refractivity contribution >= 4 is 0 Å². The molecule has 0 radical (unpaired) electrons. The minimum atomic E-state index is -0.389. The Balaban J connectivity index is 1.72. The molecule has 3 nitrogen and oxygen atoms in total. The van der Waals surface area contributed by atoms with Crippen molar-refractivity contribution < 1.29 is 14.9 Å². The average molecular weight is 318 g/mol. The molecule has 0 bridgehead atoms. The fraction of sp³-hybridized carbons (Fsp3) is 0.800. The number of aliphatic hydroxyl groups is 2. The summed E-state index contributed by atoms with van der Waals surface area (Å²) in [4.78, 5) is 0. The second-order valence-electron chi connectivity index (χ2n) is 8.84. The van der Waals surface area contributed by atoms with Gasteiger partial charge in [-0.2, -0.15) is 0 Å². The highest BCUT2D eigenvalue weighted by Gasteiger charge is 2.59. The summed E-state index contributed by atoms with van der Waals surface area (Å²) >= 11 is 0. The van der Waals surface area contributed by atoms with Crippen LogP contribution in [0.25, 0.3) is 0 Å². The molecule has 128 valence electrons. The molecule has 1 aliphatic heterocycles. The monoisotopic (exact) mass is 318 g/mol. The molecule has 7 atom stereocenters. The lowest BCUT2D eigenvalue weighted by Gasteiger charge is -2.60. The lowest BCUT2D eigenvalue weighted by molar-refractivity contribution is -0.149. The van der Waals surface area contributed by atoms with E-state index in [-0.39, 0.29) is 29.6 Å². The minimum Gasteiger partial charge on any atom is -0.396 e. The average Bonchev–Trinajstić information content (AvgIpc) is 2.93. The second kappa shape index (κ2) is 5.18. The van der Waals surface area contributed by atoms with E-state index in [9.17, 15) is 10.2 Å². The first-order valence-corrected chi connectivity index (χ1v) is 9.20. The molecule has 0 aromatic heterocycles. The summed E-state index contributed by atoms with van der Waals surface area (Å²) in [5.74, 6) is 1.39. The van der Waals surface area contributed by atoms with E-state index in [1.807, 2.05) is 0 Å². The van der Waals surface area contributed by atoms with Gasteiger partial charge in [-0.3, -0.25) is 0 Å². The first-order valence-electron chi connectivity index (χ1n) is 9.20. The number of fused-ring (bicyclic) bond motifs is 5. The number of hydrogen-bond donors (Lipinski definition) is 2. The van der Waals surface area contributed by atoms with Crippen LogP contribution in [-0.2, 0) is 4.74 Å². The van der Waals surface area contributed by atoms with Crippen molar-refractivity contribution in [2.24, 2.45) is 28.6 Å². The summed E-state index contributed by atoms with van der Waals surface area (Å²) in [5, 5.41) is 20.6. The van der Waals surface area contributed by atoms with Gasteiger partial charge < -0.3 is 14.9 Å². The van der Waals surface area contributed by atoms with Gasteiger partial charge in [0.1, 0.15) is 0 Å². The molecule has 0 unspecified atom stereocenters. The zero-order chi connectivity index (χ0) is 16.4. The van der Waals surface area contributed by atoms with E-state index in [2.05, 4.69) is 26.5 Å². The van der Waals surface area contributed by atoms with E-state index in [4.69, 9.17) is 4.74 Å². The summed E-state index contributed by atoms with van der Waals surface area (Å²) in [7, 11) is 0. The van der Waals surface area contributed by atoms with Gasteiger partial charge in [0.15, 0.2) is 0 Å². The molecule has 4 aliphatic rings. The van der Waals surface area contributed by atoms with E-state index in [0.29, 0.717) is 24.4 Å². The van der Waals surface area contributed by atoms with Gasteiger partial charge in [0.25, 0.3) is 0 Å². The van der Waals surface area contributed by atoms with Crippen LogP contribution < -0.4 is 0 Å². The summed E-state index contributed by atoms with van der Waals surface area (Å²) in [6, 6.07) is 0. The zero-order valence-electron chi connectivity index (χ0n) is 14.4. The molecule has 3 fully saturated rings. The van der Waals surface area contributed by atoms with E-state index in [1.54, 1.807) is 0 Å². The van der Waals surface area contributed by atoms with Crippen LogP contribution in [0.1, 0.15) is 46.0 Å². The van der Waals surface area contributed by atoms with Gasteiger partial charge in [0.05, 0.1) is 25.4 Å². The van der Waals surface area contributed by atoms with Gasteiger partial charge in [-0.15, -0.1) is 0 Å². The molecule has 3 aliphatic carbocycles. The number of ether oxygens (including phenoxy) is 1. The maximum atomic E-state index is 10.5. The predicted octanol–water partition coefficient (Wildman–Crippen LogP) is 3.07. The Morgan fingerprint density at radius 1 is 1.30 bits per heavy atom. The molecule has 4 rings (SSSR count). The van der Waals surface area contributed by atoms with E-state index in [1.165, 1.54) is 24.0 Å². The maximum absolute atomic E-state index is 10.5. The van der Waals surface area contributed by atoms with Crippen LogP contribution in [0.4, 0.5) is 0 Å². The molecule has 3 heteroatoms. The third-order valence-electron chi connectivity index (χ3n) is 7.87. The van der Waals surface area contributed by atoms with Gasteiger partial charge in [0, 0.05) is 11.3 Å². The molecule has 2 N–H and O–H groups in total. The van der Waals surface area contributed by atoms with E-state index in [0.717, 1.165) is 19.3 Å². The second-order valence-corrected chi connectivity index (χ2v) is 8.84. The molecule has 0 aromatic rings. The van der Waals surface area contributed by atoms with Crippen molar-refractivity contribution in [2.45, 2.75) is 58.2 Å². The molecule has 0 spiro atoms. The quantitative estimate of drug-likeness (QED) is 0.731. The number of hydrogen-bond acceptors (Lipinski definition) is 3. The fourth-order valence-electron chi connectivity index (χ4n) is 6.36. The molecule has 1 saturated heterocycles. The Hall–Kier alpha value is -0.640. The fourth-order valence-corrected chi connectivity index (χ4v) is 6.36. The smallest absolute Gasteiger partial charge is 0.0858 e. The number of rotatable bonds is 1.